The van der Waals surface area contributed by atoms with Crippen molar-refractivity contribution in [3.8, 4) is 0 Å². The average molecular weight is 252 g/mol. The lowest BCUT2D eigenvalue weighted by Gasteiger charge is -2.01. The van der Waals surface area contributed by atoms with Crippen molar-refractivity contribution in [1.82, 2.24) is 5.32 Å². The van der Waals surface area contributed by atoms with E-state index in [2.05, 4.69) is 5.32 Å². The Bertz CT molecular complexity index is 565. The maximum Gasteiger partial charge on any atom is 0.263 e. The molecule has 0 bridgehead atoms. The van der Waals surface area contributed by atoms with Gasteiger partial charge in [-0.3, -0.25) is 4.79 Å². The molecule has 0 radical (unpaired) electrons. The van der Waals surface area contributed by atoms with Gasteiger partial charge in [0.05, 0.1) is 11.1 Å². The number of anilines is 1. The van der Waals surface area contributed by atoms with E-state index in [1.165, 1.54) is 17.4 Å². The van der Waals surface area contributed by atoms with E-state index in [0.717, 1.165) is 6.42 Å². The van der Waals surface area contributed by atoms with Gasteiger partial charge in [-0.05, 0) is 18.6 Å². The van der Waals surface area contributed by atoms with Gasteiger partial charge >= 0.3 is 0 Å². The fourth-order valence-corrected chi connectivity index (χ4v) is 2.67. The number of carbonyl (C=O) groups is 1. The Morgan fingerprint density at radius 1 is 1.53 bits per heavy atom. The van der Waals surface area contributed by atoms with Gasteiger partial charge in [-0.1, -0.05) is 13.0 Å². The molecule has 0 unspecified atom stereocenters. The van der Waals surface area contributed by atoms with Crippen LogP contribution in [0.25, 0.3) is 10.1 Å². The lowest BCUT2D eigenvalue weighted by atomic mass is 10.2. The third-order valence-corrected chi connectivity index (χ3v) is 3.61. The van der Waals surface area contributed by atoms with Crippen LogP contribution in [-0.2, 0) is 0 Å². The largest absolute Gasteiger partial charge is 0.397 e. The molecule has 2 rings (SSSR count). The third kappa shape index (κ3) is 2.10. The van der Waals surface area contributed by atoms with E-state index in [1.807, 2.05) is 6.92 Å². The molecule has 0 fully saturated rings. The molecule has 1 heterocycles. The van der Waals surface area contributed by atoms with E-state index in [-0.39, 0.29) is 17.4 Å². The van der Waals surface area contributed by atoms with Crippen LogP contribution in [0.5, 0.6) is 0 Å². The van der Waals surface area contributed by atoms with Crippen LogP contribution >= 0.6 is 11.3 Å². The van der Waals surface area contributed by atoms with E-state index in [4.69, 9.17) is 5.73 Å². The maximum atomic E-state index is 13.6. The first-order valence-corrected chi connectivity index (χ1v) is 6.21. The molecule has 0 aliphatic rings. The number of hydrogen-bond donors (Lipinski definition) is 2. The highest BCUT2D eigenvalue weighted by molar-refractivity contribution is 7.21. The molecule has 3 N–H and O–H groups in total. The number of hydrogen-bond acceptors (Lipinski definition) is 3. The number of carbonyl (C=O) groups excluding carboxylic acids is 1. The number of rotatable bonds is 3. The molecule has 3 nitrogen and oxygen atoms in total. The monoisotopic (exact) mass is 252 g/mol. The summed E-state index contributed by atoms with van der Waals surface area (Å²) in [6.45, 7) is 2.56. The van der Waals surface area contributed by atoms with Crippen molar-refractivity contribution in [1.29, 1.82) is 0 Å². The highest BCUT2D eigenvalue weighted by atomic mass is 32.1. The van der Waals surface area contributed by atoms with Gasteiger partial charge in [0.1, 0.15) is 10.7 Å². The van der Waals surface area contributed by atoms with Crippen molar-refractivity contribution < 1.29 is 9.18 Å². The molecule has 5 heteroatoms. The summed E-state index contributed by atoms with van der Waals surface area (Å²) in [5.74, 6) is -0.615. The Morgan fingerprint density at radius 3 is 2.94 bits per heavy atom. The summed E-state index contributed by atoms with van der Waals surface area (Å²) in [6.07, 6.45) is 0.852. The van der Waals surface area contributed by atoms with Crippen molar-refractivity contribution in [2.24, 2.45) is 0 Å². The predicted octanol–water partition coefficient (Wildman–Crippen LogP) is 2.76. The summed E-state index contributed by atoms with van der Waals surface area (Å²) < 4.78 is 14.3. The fraction of sp³-hybridized carbons (Fsp3) is 0.250. The Hall–Kier alpha value is -1.62. The topological polar surface area (TPSA) is 55.1 Å². The smallest absolute Gasteiger partial charge is 0.263 e. The number of halogens is 1. The standard InChI is InChI=1S/C12H13FN2OS/c1-2-6-15-12(16)11-10(14)9-7(13)4-3-5-8(9)17-11/h3-5H,2,6,14H2,1H3,(H,15,16). The summed E-state index contributed by atoms with van der Waals surface area (Å²) in [5, 5.41) is 3.09. The number of nitrogens with two attached hydrogens (primary N) is 1. The van der Waals surface area contributed by atoms with Gasteiger partial charge in [0.25, 0.3) is 5.91 Å². The molecular formula is C12H13FN2OS. The normalized spacial score (nSPS) is 10.7. The first kappa shape index (κ1) is 11.9. The molecule has 0 atom stereocenters. The highest BCUT2D eigenvalue weighted by Crippen LogP contribution is 2.35. The maximum absolute atomic E-state index is 13.6. The minimum absolute atomic E-state index is 0.232. The zero-order chi connectivity index (χ0) is 12.4. The van der Waals surface area contributed by atoms with E-state index in [0.29, 0.717) is 21.5 Å². The summed E-state index contributed by atoms with van der Waals surface area (Å²) in [4.78, 5) is 12.2. The lowest BCUT2D eigenvalue weighted by molar-refractivity contribution is 0.0958. The molecule has 0 spiro atoms. The molecule has 2 aromatic rings. The van der Waals surface area contributed by atoms with Crippen LogP contribution in [0.15, 0.2) is 18.2 Å². The summed E-state index contributed by atoms with van der Waals surface area (Å²) >= 11 is 1.22. The van der Waals surface area contributed by atoms with E-state index in [1.54, 1.807) is 12.1 Å². The fourth-order valence-electron chi connectivity index (χ4n) is 1.62. The van der Waals surface area contributed by atoms with Crippen LogP contribution in [0.1, 0.15) is 23.0 Å². The number of thiophene rings is 1. The molecule has 1 amide bonds. The number of nitrogens with one attached hydrogen (secondary N) is 1. The summed E-state index contributed by atoms with van der Waals surface area (Å²) in [7, 11) is 0. The molecule has 1 aromatic carbocycles. The van der Waals surface area contributed by atoms with E-state index < -0.39 is 0 Å². The van der Waals surface area contributed by atoms with Gasteiger partial charge < -0.3 is 11.1 Å². The third-order valence-electron chi connectivity index (χ3n) is 2.44. The number of benzene rings is 1. The quantitative estimate of drug-likeness (QED) is 0.882. The van der Waals surface area contributed by atoms with E-state index >= 15 is 0 Å². The van der Waals surface area contributed by atoms with Crippen LogP contribution in [0.4, 0.5) is 10.1 Å². The van der Waals surface area contributed by atoms with Gasteiger partial charge in [-0.2, -0.15) is 0 Å². The molecule has 0 saturated carbocycles. The van der Waals surface area contributed by atoms with Gasteiger partial charge in [0.2, 0.25) is 0 Å². The van der Waals surface area contributed by atoms with E-state index in [9.17, 15) is 9.18 Å². The summed E-state index contributed by atoms with van der Waals surface area (Å²) in [6, 6.07) is 4.72. The van der Waals surface area contributed by atoms with Gasteiger partial charge in [0, 0.05) is 11.2 Å². The molecule has 0 aliphatic heterocycles. The second-order valence-electron chi connectivity index (χ2n) is 3.71. The zero-order valence-electron chi connectivity index (χ0n) is 9.42. The van der Waals surface area contributed by atoms with Crippen LogP contribution < -0.4 is 11.1 Å². The van der Waals surface area contributed by atoms with Gasteiger partial charge in [0.15, 0.2) is 0 Å². The minimum Gasteiger partial charge on any atom is -0.397 e. The number of amides is 1. The van der Waals surface area contributed by atoms with Crippen molar-refractivity contribution >= 4 is 33.0 Å². The van der Waals surface area contributed by atoms with Crippen molar-refractivity contribution in [2.75, 3.05) is 12.3 Å². The minimum atomic E-state index is -0.384. The predicted molar refractivity (Wildman–Crippen MR) is 68.8 cm³/mol. The summed E-state index contributed by atoms with van der Waals surface area (Å²) in [5.41, 5.74) is 6.06. The zero-order valence-corrected chi connectivity index (χ0v) is 10.2. The molecule has 1 aromatic heterocycles. The Morgan fingerprint density at radius 2 is 2.29 bits per heavy atom. The van der Waals surface area contributed by atoms with Crippen molar-refractivity contribution in [3.63, 3.8) is 0 Å². The molecule has 0 saturated heterocycles. The van der Waals surface area contributed by atoms with Crippen LogP contribution in [-0.4, -0.2) is 12.5 Å². The lowest BCUT2D eigenvalue weighted by Crippen LogP contribution is -2.23. The van der Waals surface area contributed by atoms with Crippen LogP contribution in [0.3, 0.4) is 0 Å². The molecule has 0 aliphatic carbocycles. The molecule has 90 valence electrons. The molecular weight excluding hydrogens is 239 g/mol. The van der Waals surface area contributed by atoms with Crippen LogP contribution in [0.2, 0.25) is 0 Å². The number of nitrogen functional groups attached to an aromatic ring is 1. The highest BCUT2D eigenvalue weighted by Gasteiger charge is 2.17. The SMILES string of the molecule is CCCNC(=O)c1sc2cccc(F)c2c1N. The van der Waals surface area contributed by atoms with Crippen molar-refractivity contribution in [2.45, 2.75) is 13.3 Å². The number of fused-ring (bicyclic) bond motifs is 1. The Labute approximate surface area is 102 Å². The second-order valence-corrected chi connectivity index (χ2v) is 4.77. The first-order chi connectivity index (χ1) is 8.15. The average Bonchev–Trinajstić information content (AvgIpc) is 2.65. The van der Waals surface area contributed by atoms with Gasteiger partial charge in [-0.15, -0.1) is 11.3 Å². The Balaban J connectivity index is 2.46. The van der Waals surface area contributed by atoms with Gasteiger partial charge in [-0.25, -0.2) is 4.39 Å². The Kier molecular flexibility index (Phi) is 3.28. The van der Waals surface area contributed by atoms with Crippen LogP contribution in [0, 0.1) is 5.82 Å². The first-order valence-electron chi connectivity index (χ1n) is 5.39. The molecule has 17 heavy (non-hydrogen) atoms. The van der Waals surface area contributed by atoms with Crippen molar-refractivity contribution in [3.05, 3.63) is 28.9 Å². The second kappa shape index (κ2) is 4.71.